The molecule has 1 amide bonds. The normalized spacial score (nSPS) is 17.1. The Balaban J connectivity index is 1.86. The zero-order valence-corrected chi connectivity index (χ0v) is 11.4. The fourth-order valence-electron chi connectivity index (χ4n) is 2.85. The molecule has 0 aromatic heterocycles. The smallest absolute Gasteiger partial charge is 0.257 e. The van der Waals surface area contributed by atoms with E-state index in [1.807, 2.05) is 24.3 Å². The van der Waals surface area contributed by atoms with Crippen LogP contribution in [0.3, 0.4) is 0 Å². The highest BCUT2D eigenvalue weighted by atomic mass is 19.1. The fourth-order valence-corrected chi connectivity index (χ4v) is 2.85. The van der Waals surface area contributed by atoms with Gasteiger partial charge in [-0.2, -0.15) is 0 Å². The monoisotopic (exact) mass is 287 g/mol. The van der Waals surface area contributed by atoms with Crippen LogP contribution in [0.5, 0.6) is 0 Å². The number of carbonyl (C=O) groups is 1. The van der Waals surface area contributed by atoms with E-state index >= 15 is 0 Å². The summed E-state index contributed by atoms with van der Waals surface area (Å²) in [6.07, 6.45) is 2.69. The molecule has 0 spiro atoms. The minimum Gasteiger partial charge on any atom is -0.345 e. The van der Waals surface area contributed by atoms with Crippen molar-refractivity contribution >= 4 is 5.91 Å². The maximum Gasteiger partial charge on any atom is 0.257 e. The van der Waals surface area contributed by atoms with Crippen molar-refractivity contribution in [2.45, 2.75) is 25.3 Å². The standard InChI is InChI=1S/C17H15F2NO/c18-13-8-4-9-14(19)16(13)17(21)20-15-10-3-6-11-5-1-2-7-12(11)15/h1-2,4-5,7-9,15H,3,6,10H2,(H,20,21)/t15-/m1/s1. The van der Waals surface area contributed by atoms with E-state index in [1.165, 1.54) is 11.6 Å². The first-order valence-electron chi connectivity index (χ1n) is 6.99. The van der Waals surface area contributed by atoms with E-state index < -0.39 is 23.1 Å². The van der Waals surface area contributed by atoms with Gasteiger partial charge in [0.1, 0.15) is 17.2 Å². The molecule has 1 N–H and O–H groups in total. The summed E-state index contributed by atoms with van der Waals surface area (Å²) < 4.78 is 27.3. The van der Waals surface area contributed by atoms with Crippen LogP contribution in [0.2, 0.25) is 0 Å². The average molecular weight is 287 g/mol. The van der Waals surface area contributed by atoms with Gasteiger partial charge in [0.15, 0.2) is 0 Å². The number of aryl methyl sites for hydroxylation is 1. The molecule has 0 saturated heterocycles. The van der Waals surface area contributed by atoms with E-state index in [4.69, 9.17) is 0 Å². The Kier molecular flexibility index (Phi) is 3.69. The highest BCUT2D eigenvalue weighted by Crippen LogP contribution is 2.29. The van der Waals surface area contributed by atoms with Gasteiger partial charge in [0.05, 0.1) is 6.04 Å². The number of nitrogens with one attached hydrogen (secondary N) is 1. The van der Waals surface area contributed by atoms with E-state index in [1.54, 1.807) is 0 Å². The van der Waals surface area contributed by atoms with Crippen molar-refractivity contribution in [1.82, 2.24) is 5.32 Å². The number of hydrogen-bond donors (Lipinski definition) is 1. The third kappa shape index (κ3) is 2.66. The van der Waals surface area contributed by atoms with E-state index in [2.05, 4.69) is 5.32 Å². The summed E-state index contributed by atoms with van der Waals surface area (Å²) in [6, 6.07) is 11.1. The summed E-state index contributed by atoms with van der Waals surface area (Å²) in [5.41, 5.74) is 1.71. The van der Waals surface area contributed by atoms with Crippen molar-refractivity contribution in [2.75, 3.05) is 0 Å². The first kappa shape index (κ1) is 13.7. The lowest BCUT2D eigenvalue weighted by atomic mass is 9.87. The van der Waals surface area contributed by atoms with Gasteiger partial charge in [-0.1, -0.05) is 30.3 Å². The number of fused-ring (bicyclic) bond motifs is 1. The molecule has 0 saturated carbocycles. The molecule has 108 valence electrons. The van der Waals surface area contributed by atoms with Gasteiger partial charge in [-0.3, -0.25) is 4.79 Å². The van der Waals surface area contributed by atoms with Crippen molar-refractivity contribution < 1.29 is 13.6 Å². The van der Waals surface area contributed by atoms with Crippen LogP contribution in [-0.2, 0) is 6.42 Å². The van der Waals surface area contributed by atoms with E-state index in [-0.39, 0.29) is 6.04 Å². The summed E-state index contributed by atoms with van der Waals surface area (Å²) in [7, 11) is 0. The van der Waals surface area contributed by atoms with Gasteiger partial charge in [0.2, 0.25) is 0 Å². The Morgan fingerprint density at radius 2 is 1.76 bits per heavy atom. The number of carbonyl (C=O) groups excluding carboxylic acids is 1. The van der Waals surface area contributed by atoms with Crippen LogP contribution >= 0.6 is 0 Å². The van der Waals surface area contributed by atoms with Crippen LogP contribution in [0.15, 0.2) is 42.5 Å². The zero-order chi connectivity index (χ0) is 14.8. The van der Waals surface area contributed by atoms with Gasteiger partial charge >= 0.3 is 0 Å². The Hall–Kier alpha value is -2.23. The first-order valence-corrected chi connectivity index (χ1v) is 6.99. The van der Waals surface area contributed by atoms with Crippen LogP contribution < -0.4 is 5.32 Å². The molecular weight excluding hydrogens is 272 g/mol. The van der Waals surface area contributed by atoms with Crippen molar-refractivity contribution in [1.29, 1.82) is 0 Å². The number of rotatable bonds is 2. The molecule has 1 aliphatic carbocycles. The van der Waals surface area contributed by atoms with Gasteiger partial charge < -0.3 is 5.32 Å². The molecule has 21 heavy (non-hydrogen) atoms. The minimum atomic E-state index is -0.836. The maximum atomic E-state index is 13.7. The molecule has 0 unspecified atom stereocenters. The lowest BCUT2D eigenvalue weighted by Gasteiger charge is -2.26. The summed E-state index contributed by atoms with van der Waals surface area (Å²) in [5, 5.41) is 2.75. The second-order valence-electron chi connectivity index (χ2n) is 5.21. The van der Waals surface area contributed by atoms with Crippen LogP contribution in [0.1, 0.15) is 40.4 Å². The Bertz CT molecular complexity index is 664. The minimum absolute atomic E-state index is 0.193. The molecule has 0 radical (unpaired) electrons. The highest BCUT2D eigenvalue weighted by molar-refractivity contribution is 5.95. The number of hydrogen-bond acceptors (Lipinski definition) is 1. The lowest BCUT2D eigenvalue weighted by Crippen LogP contribution is -2.32. The first-order chi connectivity index (χ1) is 10.2. The molecule has 0 fully saturated rings. The molecule has 1 atom stereocenters. The van der Waals surface area contributed by atoms with E-state index in [0.29, 0.717) is 0 Å². The second-order valence-corrected chi connectivity index (χ2v) is 5.21. The predicted octanol–water partition coefficient (Wildman–Crippen LogP) is 3.77. The molecule has 3 rings (SSSR count). The highest BCUT2D eigenvalue weighted by Gasteiger charge is 2.24. The zero-order valence-electron chi connectivity index (χ0n) is 11.4. The molecule has 0 aliphatic heterocycles. The van der Waals surface area contributed by atoms with Crippen molar-refractivity contribution in [3.8, 4) is 0 Å². The average Bonchev–Trinajstić information content (AvgIpc) is 2.47. The Morgan fingerprint density at radius 3 is 2.52 bits per heavy atom. The van der Waals surface area contributed by atoms with Gasteiger partial charge in [-0.05, 0) is 42.5 Å². The van der Waals surface area contributed by atoms with E-state index in [0.717, 1.165) is 37.0 Å². The molecular formula is C17H15F2NO. The molecule has 4 heteroatoms. The summed E-state index contributed by atoms with van der Waals surface area (Å²) in [6.45, 7) is 0. The molecule has 2 aromatic carbocycles. The maximum absolute atomic E-state index is 13.7. The molecule has 1 aliphatic rings. The van der Waals surface area contributed by atoms with Gasteiger partial charge in [-0.15, -0.1) is 0 Å². The Morgan fingerprint density at radius 1 is 1.05 bits per heavy atom. The third-order valence-corrected chi connectivity index (χ3v) is 3.86. The number of benzene rings is 2. The SMILES string of the molecule is O=C(N[C@@H]1CCCc2ccccc21)c1c(F)cccc1F. The number of amides is 1. The van der Waals surface area contributed by atoms with Crippen LogP contribution in [-0.4, -0.2) is 5.91 Å². The predicted molar refractivity (Wildman–Crippen MR) is 75.9 cm³/mol. The van der Waals surface area contributed by atoms with E-state index in [9.17, 15) is 13.6 Å². The van der Waals surface area contributed by atoms with Crippen LogP contribution in [0.25, 0.3) is 0 Å². The molecule has 0 bridgehead atoms. The van der Waals surface area contributed by atoms with Crippen molar-refractivity contribution in [3.63, 3.8) is 0 Å². The van der Waals surface area contributed by atoms with Crippen molar-refractivity contribution in [3.05, 3.63) is 70.8 Å². The fraction of sp³-hybridized carbons (Fsp3) is 0.235. The van der Waals surface area contributed by atoms with Crippen LogP contribution in [0, 0.1) is 11.6 Å². The molecule has 2 nitrogen and oxygen atoms in total. The van der Waals surface area contributed by atoms with Crippen molar-refractivity contribution in [2.24, 2.45) is 0 Å². The quantitative estimate of drug-likeness (QED) is 0.895. The third-order valence-electron chi connectivity index (χ3n) is 3.86. The van der Waals surface area contributed by atoms with Gasteiger partial charge in [0.25, 0.3) is 5.91 Å². The van der Waals surface area contributed by atoms with Crippen LogP contribution in [0.4, 0.5) is 8.78 Å². The molecule has 0 heterocycles. The molecule has 2 aromatic rings. The lowest BCUT2D eigenvalue weighted by molar-refractivity contribution is 0.0924. The summed E-state index contributed by atoms with van der Waals surface area (Å²) in [4.78, 5) is 12.2. The number of halogens is 2. The topological polar surface area (TPSA) is 29.1 Å². The second kappa shape index (κ2) is 5.64. The summed E-state index contributed by atoms with van der Waals surface area (Å²) >= 11 is 0. The summed E-state index contributed by atoms with van der Waals surface area (Å²) in [5.74, 6) is -2.37. The largest absolute Gasteiger partial charge is 0.345 e. The van der Waals surface area contributed by atoms with Gasteiger partial charge in [-0.25, -0.2) is 8.78 Å². The Labute approximate surface area is 121 Å². The van der Waals surface area contributed by atoms with Gasteiger partial charge in [0, 0.05) is 0 Å².